The topological polar surface area (TPSA) is 81.0 Å². The van der Waals surface area contributed by atoms with Gasteiger partial charge in [0.2, 0.25) is 0 Å². The van der Waals surface area contributed by atoms with E-state index < -0.39 is 4.92 Å². The van der Waals surface area contributed by atoms with Gasteiger partial charge in [-0.3, -0.25) is 10.1 Å². The molecule has 0 aliphatic carbocycles. The molecule has 0 radical (unpaired) electrons. The molecule has 0 amide bonds. The van der Waals surface area contributed by atoms with E-state index in [0.29, 0.717) is 15.6 Å². The molecule has 6 nitrogen and oxygen atoms in total. The molecule has 1 heterocycles. The number of rotatable bonds is 4. The first-order valence-electron chi connectivity index (χ1n) is 5.32. The second kappa shape index (κ2) is 6.31. The molecular formula is C12H7Cl2N3O3. The number of furan rings is 1. The molecule has 0 saturated heterocycles. The molecule has 0 aliphatic heterocycles. The maximum atomic E-state index is 10.4. The summed E-state index contributed by atoms with van der Waals surface area (Å²) in [5.74, 6) is -0.118. The zero-order valence-electron chi connectivity index (χ0n) is 9.86. The molecule has 0 fully saturated rings. The van der Waals surface area contributed by atoms with Crippen molar-refractivity contribution in [3.63, 3.8) is 0 Å². The molecular weight excluding hydrogens is 305 g/mol. The molecule has 0 bridgehead atoms. The van der Waals surface area contributed by atoms with Crippen LogP contribution >= 0.6 is 23.2 Å². The van der Waals surface area contributed by atoms with Crippen LogP contribution in [0.25, 0.3) is 0 Å². The summed E-state index contributed by atoms with van der Waals surface area (Å²) in [6.45, 7) is 0. The molecule has 20 heavy (non-hydrogen) atoms. The Balaban J connectivity index is 2.05. The first kappa shape index (κ1) is 14.2. The van der Waals surface area contributed by atoms with Crippen LogP contribution in [0.4, 0.5) is 5.88 Å². The van der Waals surface area contributed by atoms with Crippen molar-refractivity contribution in [1.29, 1.82) is 0 Å². The zero-order chi connectivity index (χ0) is 14.5. The third-order valence-corrected chi connectivity index (χ3v) is 2.77. The average Bonchev–Trinajstić information content (AvgIpc) is 2.85. The van der Waals surface area contributed by atoms with Gasteiger partial charge >= 0.3 is 5.88 Å². The Morgan fingerprint density at radius 2 is 1.90 bits per heavy atom. The minimum absolute atomic E-state index is 0.232. The summed E-state index contributed by atoms with van der Waals surface area (Å²) in [5.41, 5.74) is 0.652. The van der Waals surface area contributed by atoms with E-state index in [1.165, 1.54) is 24.6 Å². The molecule has 2 aromatic rings. The average molecular weight is 312 g/mol. The van der Waals surface area contributed by atoms with Crippen molar-refractivity contribution in [3.8, 4) is 0 Å². The predicted octanol–water partition coefficient (Wildman–Crippen LogP) is 3.95. The third-order valence-electron chi connectivity index (χ3n) is 2.20. The number of nitrogens with zero attached hydrogens (tertiary/aromatic N) is 3. The Hall–Kier alpha value is -2.18. The van der Waals surface area contributed by atoms with Gasteiger partial charge in [-0.1, -0.05) is 29.3 Å². The van der Waals surface area contributed by atoms with Gasteiger partial charge in [0.15, 0.2) is 5.76 Å². The van der Waals surface area contributed by atoms with E-state index in [9.17, 15) is 10.1 Å². The van der Waals surface area contributed by atoms with E-state index in [0.717, 1.165) is 0 Å². The first-order chi connectivity index (χ1) is 9.56. The van der Waals surface area contributed by atoms with Crippen molar-refractivity contribution < 1.29 is 9.34 Å². The maximum Gasteiger partial charge on any atom is 0.433 e. The third kappa shape index (κ3) is 3.66. The van der Waals surface area contributed by atoms with Gasteiger partial charge in [0.05, 0.1) is 23.5 Å². The van der Waals surface area contributed by atoms with Gasteiger partial charge in [0.1, 0.15) is 4.92 Å². The fourth-order valence-electron chi connectivity index (χ4n) is 1.30. The summed E-state index contributed by atoms with van der Waals surface area (Å²) in [6.07, 6.45) is 2.69. The van der Waals surface area contributed by atoms with Crippen molar-refractivity contribution >= 4 is 41.5 Å². The molecule has 1 aromatic heterocycles. The quantitative estimate of drug-likeness (QED) is 0.487. The SMILES string of the molecule is O=[N+]([O-])c1ccc(C=NN=Cc2ccc(Cl)cc2Cl)o1. The largest absolute Gasteiger partial charge is 0.433 e. The van der Waals surface area contributed by atoms with Gasteiger partial charge in [-0.15, -0.1) is 0 Å². The van der Waals surface area contributed by atoms with Crippen molar-refractivity contribution in [1.82, 2.24) is 0 Å². The van der Waals surface area contributed by atoms with Crippen molar-refractivity contribution in [3.05, 3.63) is 61.8 Å². The molecule has 0 aliphatic rings. The number of benzene rings is 1. The van der Waals surface area contributed by atoms with Crippen LogP contribution in [0.3, 0.4) is 0 Å². The number of nitro groups is 1. The van der Waals surface area contributed by atoms with E-state index in [1.54, 1.807) is 18.2 Å². The molecule has 2 rings (SSSR count). The highest BCUT2D eigenvalue weighted by Gasteiger charge is 2.09. The van der Waals surface area contributed by atoms with E-state index in [2.05, 4.69) is 10.2 Å². The van der Waals surface area contributed by atoms with Crippen LogP contribution in [-0.2, 0) is 0 Å². The summed E-state index contributed by atoms with van der Waals surface area (Å²) in [6, 6.07) is 7.62. The molecule has 0 N–H and O–H groups in total. The highest BCUT2D eigenvalue weighted by molar-refractivity contribution is 6.36. The van der Waals surface area contributed by atoms with E-state index in [4.69, 9.17) is 27.6 Å². The second-order valence-electron chi connectivity index (χ2n) is 3.59. The Bertz CT molecular complexity index is 695. The van der Waals surface area contributed by atoms with Gasteiger partial charge in [-0.05, 0) is 18.2 Å². The van der Waals surface area contributed by atoms with Crippen LogP contribution in [-0.4, -0.2) is 17.4 Å². The highest BCUT2D eigenvalue weighted by Crippen LogP contribution is 2.19. The lowest BCUT2D eigenvalue weighted by Gasteiger charge is -1.96. The zero-order valence-corrected chi connectivity index (χ0v) is 11.4. The van der Waals surface area contributed by atoms with Crippen LogP contribution < -0.4 is 0 Å². The molecule has 0 spiro atoms. The molecule has 0 unspecified atom stereocenters. The molecule has 102 valence electrons. The van der Waals surface area contributed by atoms with Crippen molar-refractivity contribution in [2.24, 2.45) is 10.2 Å². The number of hydrogen-bond donors (Lipinski definition) is 0. The van der Waals surface area contributed by atoms with E-state index in [-0.39, 0.29) is 11.6 Å². The smallest absolute Gasteiger partial charge is 0.400 e. The van der Waals surface area contributed by atoms with Gasteiger partial charge in [0, 0.05) is 10.6 Å². The summed E-state index contributed by atoms with van der Waals surface area (Å²) in [4.78, 5) is 9.78. The Kier molecular flexibility index (Phi) is 4.49. The number of hydrogen-bond acceptors (Lipinski definition) is 5. The fraction of sp³-hybridized carbons (Fsp3) is 0. The Labute approximate surface area is 123 Å². The Morgan fingerprint density at radius 3 is 2.55 bits per heavy atom. The number of halogens is 2. The fourth-order valence-corrected chi connectivity index (χ4v) is 1.76. The van der Waals surface area contributed by atoms with Crippen molar-refractivity contribution in [2.45, 2.75) is 0 Å². The molecule has 0 saturated carbocycles. The Morgan fingerprint density at radius 1 is 1.15 bits per heavy atom. The lowest BCUT2D eigenvalue weighted by atomic mass is 10.2. The standard InChI is InChI=1S/C12H7Cl2N3O3/c13-9-2-1-8(11(14)5-9)6-15-16-7-10-3-4-12(20-10)17(18)19/h1-7H. The van der Waals surface area contributed by atoms with Crippen LogP contribution in [0.5, 0.6) is 0 Å². The first-order valence-corrected chi connectivity index (χ1v) is 6.07. The molecule has 8 heteroatoms. The van der Waals surface area contributed by atoms with Gasteiger partial charge in [0.25, 0.3) is 0 Å². The summed E-state index contributed by atoms with van der Waals surface area (Å²) < 4.78 is 4.87. The lowest BCUT2D eigenvalue weighted by molar-refractivity contribution is -0.402. The summed E-state index contributed by atoms with van der Waals surface area (Å²) >= 11 is 11.7. The molecule has 0 atom stereocenters. The predicted molar refractivity (Wildman–Crippen MR) is 77.0 cm³/mol. The van der Waals surface area contributed by atoms with E-state index >= 15 is 0 Å². The van der Waals surface area contributed by atoms with Crippen LogP contribution in [0.2, 0.25) is 10.0 Å². The van der Waals surface area contributed by atoms with Crippen LogP contribution in [0.15, 0.2) is 45.0 Å². The van der Waals surface area contributed by atoms with Crippen molar-refractivity contribution in [2.75, 3.05) is 0 Å². The normalized spacial score (nSPS) is 11.5. The monoisotopic (exact) mass is 311 g/mol. The van der Waals surface area contributed by atoms with Crippen LogP contribution in [0.1, 0.15) is 11.3 Å². The van der Waals surface area contributed by atoms with Gasteiger partial charge in [-0.2, -0.15) is 10.2 Å². The maximum absolute atomic E-state index is 10.4. The second-order valence-corrected chi connectivity index (χ2v) is 4.43. The summed E-state index contributed by atoms with van der Waals surface area (Å²) in [5, 5.41) is 18.9. The van der Waals surface area contributed by atoms with Gasteiger partial charge < -0.3 is 4.42 Å². The minimum Gasteiger partial charge on any atom is -0.400 e. The minimum atomic E-state index is -0.631. The molecule has 1 aromatic carbocycles. The van der Waals surface area contributed by atoms with E-state index in [1.807, 2.05) is 0 Å². The van der Waals surface area contributed by atoms with Crippen LogP contribution in [0, 0.1) is 10.1 Å². The highest BCUT2D eigenvalue weighted by atomic mass is 35.5. The summed E-state index contributed by atoms with van der Waals surface area (Å²) in [7, 11) is 0. The lowest BCUT2D eigenvalue weighted by Crippen LogP contribution is -1.83. The van der Waals surface area contributed by atoms with Gasteiger partial charge in [-0.25, -0.2) is 0 Å².